The zero-order chi connectivity index (χ0) is 9.07. The number of allylic oxidation sites excluding steroid dienone is 2. The van der Waals surface area contributed by atoms with Crippen molar-refractivity contribution in [2.75, 3.05) is 0 Å². The van der Waals surface area contributed by atoms with Gasteiger partial charge in [-0.25, -0.2) is 0 Å². The summed E-state index contributed by atoms with van der Waals surface area (Å²) in [7, 11) is 0. The van der Waals surface area contributed by atoms with Gasteiger partial charge < -0.3 is 4.79 Å². The van der Waals surface area contributed by atoms with Crippen molar-refractivity contribution in [1.82, 2.24) is 0 Å². The normalized spacial score (nSPS) is 10.8. The van der Waals surface area contributed by atoms with Crippen LogP contribution in [0.5, 0.6) is 0 Å². The maximum atomic E-state index is 9.97. The fourth-order valence-electron chi connectivity index (χ4n) is 1.19. The first-order valence-corrected chi connectivity index (χ1v) is 4.96. The van der Waals surface area contributed by atoms with Gasteiger partial charge >= 0.3 is 0 Å². The second kappa shape index (κ2) is 10.4. The van der Waals surface area contributed by atoms with Crippen LogP contribution in [-0.4, -0.2) is 6.29 Å². The molecule has 0 aliphatic rings. The summed E-state index contributed by atoms with van der Waals surface area (Å²) in [5.41, 5.74) is 0. The minimum atomic E-state index is 0.745. The SMILES string of the molecule is CC=CCCCCCCCC=O. The lowest BCUT2D eigenvalue weighted by Gasteiger charge is -1.96. The van der Waals surface area contributed by atoms with Crippen LogP contribution in [0.25, 0.3) is 0 Å². The summed E-state index contributed by atoms with van der Waals surface area (Å²) in [6.07, 6.45) is 13.5. The van der Waals surface area contributed by atoms with Gasteiger partial charge in [-0.15, -0.1) is 0 Å². The maximum Gasteiger partial charge on any atom is 0.119 e. The number of carbonyl (C=O) groups is 1. The molecule has 0 bridgehead atoms. The Labute approximate surface area is 75.9 Å². The van der Waals surface area contributed by atoms with E-state index in [1.54, 1.807) is 0 Å². The van der Waals surface area contributed by atoms with E-state index in [-0.39, 0.29) is 0 Å². The Morgan fingerprint density at radius 2 is 1.50 bits per heavy atom. The van der Waals surface area contributed by atoms with Crippen LogP contribution in [0.2, 0.25) is 0 Å². The van der Waals surface area contributed by atoms with Crippen molar-refractivity contribution < 1.29 is 4.79 Å². The first-order chi connectivity index (χ1) is 5.91. The van der Waals surface area contributed by atoms with Crippen molar-refractivity contribution in [2.24, 2.45) is 0 Å². The van der Waals surface area contributed by atoms with E-state index in [9.17, 15) is 4.79 Å². The quantitative estimate of drug-likeness (QED) is 0.308. The topological polar surface area (TPSA) is 17.1 Å². The summed E-state index contributed by atoms with van der Waals surface area (Å²) < 4.78 is 0. The summed E-state index contributed by atoms with van der Waals surface area (Å²) in [5, 5.41) is 0. The van der Waals surface area contributed by atoms with E-state index in [1.807, 2.05) is 0 Å². The molecule has 0 aliphatic heterocycles. The van der Waals surface area contributed by atoms with Gasteiger partial charge in [0.2, 0.25) is 0 Å². The van der Waals surface area contributed by atoms with Gasteiger partial charge in [0.25, 0.3) is 0 Å². The Balaban J connectivity index is 2.86. The predicted octanol–water partition coefficient (Wildman–Crippen LogP) is 3.49. The summed E-state index contributed by atoms with van der Waals surface area (Å²) in [4.78, 5) is 9.97. The highest BCUT2D eigenvalue weighted by Gasteiger charge is 1.88. The highest BCUT2D eigenvalue weighted by molar-refractivity contribution is 5.48. The number of hydrogen-bond donors (Lipinski definition) is 0. The molecule has 70 valence electrons. The van der Waals surface area contributed by atoms with Crippen LogP contribution in [0.1, 0.15) is 51.9 Å². The Kier molecular flexibility index (Phi) is 9.90. The molecule has 0 atom stereocenters. The zero-order valence-electron chi connectivity index (χ0n) is 8.09. The van der Waals surface area contributed by atoms with E-state index < -0.39 is 0 Å². The van der Waals surface area contributed by atoms with Crippen LogP contribution in [-0.2, 0) is 4.79 Å². The van der Waals surface area contributed by atoms with E-state index in [1.165, 1.54) is 32.1 Å². The van der Waals surface area contributed by atoms with Gasteiger partial charge in [0.15, 0.2) is 0 Å². The molecule has 0 saturated carbocycles. The molecule has 0 aromatic heterocycles. The maximum absolute atomic E-state index is 9.97. The summed E-state index contributed by atoms with van der Waals surface area (Å²) in [5.74, 6) is 0. The van der Waals surface area contributed by atoms with Crippen LogP contribution >= 0.6 is 0 Å². The van der Waals surface area contributed by atoms with Gasteiger partial charge in [-0.2, -0.15) is 0 Å². The highest BCUT2D eigenvalue weighted by atomic mass is 16.1. The Morgan fingerprint density at radius 1 is 0.917 bits per heavy atom. The molecule has 0 heterocycles. The molecule has 0 rings (SSSR count). The molecule has 1 heteroatoms. The molecular formula is C11H20O. The monoisotopic (exact) mass is 168 g/mol. The molecular weight excluding hydrogens is 148 g/mol. The number of rotatable bonds is 8. The minimum Gasteiger partial charge on any atom is -0.303 e. The van der Waals surface area contributed by atoms with Crippen molar-refractivity contribution in [3.63, 3.8) is 0 Å². The van der Waals surface area contributed by atoms with Gasteiger partial charge in [-0.3, -0.25) is 0 Å². The van der Waals surface area contributed by atoms with Crippen molar-refractivity contribution in [3.05, 3.63) is 12.2 Å². The Bertz CT molecular complexity index is 116. The number of unbranched alkanes of at least 4 members (excludes halogenated alkanes) is 6. The fourth-order valence-corrected chi connectivity index (χ4v) is 1.19. The lowest BCUT2D eigenvalue weighted by molar-refractivity contribution is -0.107. The third-order valence-corrected chi connectivity index (χ3v) is 1.93. The van der Waals surface area contributed by atoms with Gasteiger partial charge in [-0.1, -0.05) is 31.4 Å². The summed E-state index contributed by atoms with van der Waals surface area (Å²) in [6, 6.07) is 0. The van der Waals surface area contributed by atoms with Crippen molar-refractivity contribution in [3.8, 4) is 0 Å². The molecule has 0 aliphatic carbocycles. The first kappa shape index (κ1) is 11.4. The van der Waals surface area contributed by atoms with Crippen LogP contribution in [0.4, 0.5) is 0 Å². The van der Waals surface area contributed by atoms with Crippen LogP contribution in [0.15, 0.2) is 12.2 Å². The van der Waals surface area contributed by atoms with Gasteiger partial charge in [0, 0.05) is 6.42 Å². The first-order valence-electron chi connectivity index (χ1n) is 4.96. The van der Waals surface area contributed by atoms with E-state index in [4.69, 9.17) is 0 Å². The summed E-state index contributed by atoms with van der Waals surface area (Å²) in [6.45, 7) is 2.06. The summed E-state index contributed by atoms with van der Waals surface area (Å²) >= 11 is 0. The second-order valence-electron chi connectivity index (χ2n) is 3.08. The molecule has 12 heavy (non-hydrogen) atoms. The van der Waals surface area contributed by atoms with Crippen molar-refractivity contribution >= 4 is 6.29 Å². The van der Waals surface area contributed by atoms with E-state index >= 15 is 0 Å². The average Bonchev–Trinajstić information content (AvgIpc) is 2.10. The Morgan fingerprint density at radius 3 is 2.08 bits per heavy atom. The van der Waals surface area contributed by atoms with Gasteiger partial charge in [0.05, 0.1) is 0 Å². The predicted molar refractivity (Wildman–Crippen MR) is 53.2 cm³/mol. The van der Waals surface area contributed by atoms with E-state index in [2.05, 4.69) is 19.1 Å². The molecule has 0 spiro atoms. The molecule has 0 unspecified atom stereocenters. The van der Waals surface area contributed by atoms with Crippen LogP contribution in [0.3, 0.4) is 0 Å². The fraction of sp³-hybridized carbons (Fsp3) is 0.727. The molecule has 0 aromatic carbocycles. The highest BCUT2D eigenvalue weighted by Crippen LogP contribution is 2.06. The molecule has 0 aromatic rings. The number of hydrogen-bond acceptors (Lipinski definition) is 1. The number of carbonyl (C=O) groups excluding carboxylic acids is 1. The third-order valence-electron chi connectivity index (χ3n) is 1.93. The smallest absolute Gasteiger partial charge is 0.119 e. The van der Waals surface area contributed by atoms with Crippen molar-refractivity contribution in [2.45, 2.75) is 51.9 Å². The average molecular weight is 168 g/mol. The zero-order valence-corrected chi connectivity index (χ0v) is 8.09. The van der Waals surface area contributed by atoms with Crippen LogP contribution in [0, 0.1) is 0 Å². The third kappa shape index (κ3) is 9.41. The van der Waals surface area contributed by atoms with Gasteiger partial charge in [0.1, 0.15) is 6.29 Å². The molecule has 0 radical (unpaired) electrons. The lowest BCUT2D eigenvalue weighted by Crippen LogP contribution is -1.79. The standard InChI is InChI=1S/C11H20O/c1-2-3-4-5-6-7-8-9-10-11-12/h2-3,11H,4-10H2,1H3. The lowest BCUT2D eigenvalue weighted by atomic mass is 10.1. The molecule has 0 fully saturated rings. The number of aldehydes is 1. The largest absolute Gasteiger partial charge is 0.303 e. The van der Waals surface area contributed by atoms with Crippen LogP contribution < -0.4 is 0 Å². The molecule has 0 N–H and O–H groups in total. The Hall–Kier alpha value is -0.590. The van der Waals surface area contributed by atoms with E-state index in [0.717, 1.165) is 19.1 Å². The van der Waals surface area contributed by atoms with E-state index in [0.29, 0.717) is 0 Å². The molecule has 1 nitrogen and oxygen atoms in total. The minimum absolute atomic E-state index is 0.745. The molecule has 0 saturated heterocycles. The van der Waals surface area contributed by atoms with Crippen molar-refractivity contribution in [1.29, 1.82) is 0 Å². The second-order valence-corrected chi connectivity index (χ2v) is 3.08. The molecule has 0 amide bonds. The van der Waals surface area contributed by atoms with Gasteiger partial charge in [-0.05, 0) is 26.2 Å².